The van der Waals surface area contributed by atoms with Gasteiger partial charge in [-0.1, -0.05) is 41.5 Å². The van der Waals surface area contributed by atoms with Gasteiger partial charge in [0.05, 0.1) is 0 Å². The van der Waals surface area contributed by atoms with Gasteiger partial charge in [-0.3, -0.25) is 0 Å². The number of carboxylic acids is 3. The zero-order chi connectivity index (χ0) is 15.5. The van der Waals surface area contributed by atoms with Crippen molar-refractivity contribution in [1.82, 2.24) is 0 Å². The van der Waals surface area contributed by atoms with Crippen molar-refractivity contribution in [3.05, 3.63) is 0 Å². The quantitative estimate of drug-likeness (QED) is 0.545. The molecule has 0 atom stereocenters. The van der Waals surface area contributed by atoms with Crippen LogP contribution in [0.1, 0.15) is 41.5 Å². The van der Waals surface area contributed by atoms with Crippen LogP contribution in [0.25, 0.3) is 0 Å². The van der Waals surface area contributed by atoms with E-state index in [-0.39, 0.29) is 37.2 Å². The molecule has 6 nitrogen and oxygen atoms in total. The van der Waals surface area contributed by atoms with Crippen LogP contribution in [0.4, 0.5) is 0 Å². The second kappa shape index (κ2) is 15.1. The first-order valence-corrected chi connectivity index (χ1v) is 5.55. The molecule has 0 saturated heterocycles. The van der Waals surface area contributed by atoms with Crippen LogP contribution in [0.15, 0.2) is 0 Å². The molecule has 0 unspecified atom stereocenters. The van der Waals surface area contributed by atoms with E-state index in [4.69, 9.17) is 0 Å². The molecule has 0 aromatic heterocycles. The maximum Gasteiger partial charge on any atom is 3.00 e. The molecule has 0 bridgehead atoms. The van der Waals surface area contributed by atoms with Gasteiger partial charge in [0.1, 0.15) is 0 Å². The van der Waals surface area contributed by atoms with E-state index in [0.717, 1.165) is 0 Å². The second-order valence-corrected chi connectivity index (χ2v) is 4.42. The fraction of sp³-hybridized carbons (Fsp3) is 0.750. The number of hydrogen-bond donors (Lipinski definition) is 0. The summed E-state index contributed by atoms with van der Waals surface area (Å²) in [6, 6.07) is 0. The van der Waals surface area contributed by atoms with E-state index in [9.17, 15) is 29.7 Å². The van der Waals surface area contributed by atoms with E-state index in [2.05, 4.69) is 0 Å². The Morgan fingerprint density at radius 1 is 0.579 bits per heavy atom. The molecule has 0 aliphatic heterocycles. The van der Waals surface area contributed by atoms with Crippen molar-refractivity contribution < 1.29 is 49.2 Å². The number of hydrogen-bond acceptors (Lipinski definition) is 6. The summed E-state index contributed by atoms with van der Waals surface area (Å²) >= 11 is 0. The van der Waals surface area contributed by atoms with E-state index >= 15 is 0 Å². The molecule has 0 aliphatic rings. The summed E-state index contributed by atoms with van der Waals surface area (Å²) in [5.74, 6) is -4.00. The minimum absolute atomic E-state index is 0. The van der Waals surface area contributed by atoms with E-state index in [1.807, 2.05) is 0 Å². The van der Waals surface area contributed by atoms with Crippen molar-refractivity contribution in [3.8, 4) is 0 Å². The van der Waals surface area contributed by atoms with Gasteiger partial charge >= 0.3 is 19.5 Å². The minimum atomic E-state index is -0.991. The molecule has 0 heterocycles. The van der Waals surface area contributed by atoms with Crippen molar-refractivity contribution in [2.24, 2.45) is 17.8 Å². The van der Waals surface area contributed by atoms with Gasteiger partial charge < -0.3 is 29.7 Å². The van der Waals surface area contributed by atoms with Crippen molar-refractivity contribution in [2.75, 3.05) is 0 Å². The fourth-order valence-corrected chi connectivity index (χ4v) is 0. The molecule has 0 amide bonds. The van der Waals surface area contributed by atoms with Crippen LogP contribution in [-0.4, -0.2) is 17.9 Å². The van der Waals surface area contributed by atoms with Gasteiger partial charge in [0.25, 0.3) is 0 Å². The Morgan fingerprint density at radius 2 is 0.632 bits per heavy atom. The molecular formula is C12H21O6Ru. The zero-order valence-electron chi connectivity index (χ0n) is 12.0. The molecule has 0 N–H and O–H groups in total. The van der Waals surface area contributed by atoms with Crippen molar-refractivity contribution in [3.63, 3.8) is 0 Å². The second-order valence-electron chi connectivity index (χ2n) is 4.42. The van der Waals surface area contributed by atoms with Gasteiger partial charge in [0, 0.05) is 17.9 Å². The molecule has 1 radical (unpaired) electrons. The Balaban J connectivity index is -0.0000000865. The Labute approximate surface area is 127 Å². The first-order valence-electron chi connectivity index (χ1n) is 5.55. The third-order valence-electron chi connectivity index (χ3n) is 1.41. The molecule has 7 heteroatoms. The fourth-order valence-electron chi connectivity index (χ4n) is 0. The van der Waals surface area contributed by atoms with Crippen LogP contribution in [-0.2, 0) is 33.9 Å². The number of carbonyl (C=O) groups is 3. The van der Waals surface area contributed by atoms with Gasteiger partial charge in [-0.15, -0.1) is 0 Å². The van der Waals surface area contributed by atoms with Gasteiger partial charge in [0.15, 0.2) is 0 Å². The van der Waals surface area contributed by atoms with Gasteiger partial charge in [-0.05, 0) is 17.8 Å². The summed E-state index contributed by atoms with van der Waals surface area (Å²) in [5.41, 5.74) is 0. The largest absolute Gasteiger partial charge is 3.00 e. The molecular weight excluding hydrogens is 341 g/mol. The average molecular weight is 362 g/mol. The smallest absolute Gasteiger partial charge is 0.550 e. The van der Waals surface area contributed by atoms with E-state index in [1.165, 1.54) is 0 Å². The molecule has 0 aromatic carbocycles. The standard InChI is InChI=1S/3C4H8O2.Ru/c3*1-3(2)4(5)6;/h3*3H,1-2H3,(H,5,6);/q;;;+3/p-3. The maximum atomic E-state index is 9.59. The van der Waals surface area contributed by atoms with Crippen LogP contribution in [0.5, 0.6) is 0 Å². The Morgan fingerprint density at radius 3 is 0.632 bits per heavy atom. The third kappa shape index (κ3) is 31.6. The number of rotatable bonds is 3. The first-order chi connectivity index (χ1) is 7.93. The van der Waals surface area contributed by atoms with Crippen molar-refractivity contribution >= 4 is 17.9 Å². The summed E-state index contributed by atoms with van der Waals surface area (Å²) < 4.78 is 0. The Kier molecular flexibility index (Phi) is 21.1. The summed E-state index contributed by atoms with van der Waals surface area (Å²) in [6.45, 7) is 9.47. The van der Waals surface area contributed by atoms with E-state index in [1.54, 1.807) is 41.5 Å². The van der Waals surface area contributed by atoms with Crippen LogP contribution in [0.2, 0.25) is 0 Å². The third-order valence-corrected chi connectivity index (χ3v) is 1.41. The van der Waals surface area contributed by atoms with Crippen LogP contribution >= 0.6 is 0 Å². The molecule has 0 rings (SSSR count). The molecule has 0 spiro atoms. The Hall–Kier alpha value is -0.967. The summed E-state index contributed by atoms with van der Waals surface area (Å²) in [6.07, 6.45) is 0. The molecule has 113 valence electrons. The van der Waals surface area contributed by atoms with Gasteiger partial charge in [-0.2, -0.15) is 0 Å². The average Bonchev–Trinajstić information content (AvgIpc) is 2.18. The SMILES string of the molecule is CC(C)C(=O)[O-].CC(C)C(=O)[O-].CC(C)C(=O)[O-].[Ru+3]. The molecule has 0 fully saturated rings. The number of carboxylic acid groups (broad SMARTS) is 3. The summed E-state index contributed by atoms with van der Waals surface area (Å²) in [7, 11) is 0. The van der Waals surface area contributed by atoms with Crippen molar-refractivity contribution in [2.45, 2.75) is 41.5 Å². The van der Waals surface area contributed by atoms with E-state index < -0.39 is 17.9 Å². The summed E-state index contributed by atoms with van der Waals surface area (Å²) in [4.78, 5) is 28.8. The molecule has 19 heavy (non-hydrogen) atoms. The molecule has 0 aliphatic carbocycles. The molecule has 0 saturated carbocycles. The first kappa shape index (κ1) is 26.6. The van der Waals surface area contributed by atoms with E-state index in [0.29, 0.717) is 0 Å². The molecule has 0 aromatic rings. The Bertz CT molecular complexity index is 218. The summed E-state index contributed by atoms with van der Waals surface area (Å²) in [5, 5.41) is 28.8. The van der Waals surface area contributed by atoms with Crippen LogP contribution in [0.3, 0.4) is 0 Å². The van der Waals surface area contributed by atoms with Crippen LogP contribution in [0, 0.1) is 17.8 Å². The topological polar surface area (TPSA) is 120 Å². The predicted molar refractivity (Wildman–Crippen MR) is 59.5 cm³/mol. The van der Waals surface area contributed by atoms with Gasteiger partial charge in [0.2, 0.25) is 0 Å². The monoisotopic (exact) mass is 363 g/mol. The van der Waals surface area contributed by atoms with Gasteiger partial charge in [-0.25, -0.2) is 0 Å². The maximum absolute atomic E-state index is 9.59. The van der Waals surface area contributed by atoms with Crippen LogP contribution < -0.4 is 15.3 Å². The normalized spacial score (nSPS) is 8.68. The van der Waals surface area contributed by atoms with Crippen molar-refractivity contribution in [1.29, 1.82) is 0 Å². The minimum Gasteiger partial charge on any atom is -0.550 e. The number of carbonyl (C=O) groups excluding carboxylic acids is 3. The number of aliphatic carboxylic acids is 3. The predicted octanol–water partition coefficient (Wildman–Crippen LogP) is -1.83. The zero-order valence-corrected chi connectivity index (χ0v) is 13.8.